The van der Waals surface area contributed by atoms with Gasteiger partial charge in [-0.05, 0) is 35.9 Å². The Morgan fingerprint density at radius 1 is 1.26 bits per heavy atom. The third-order valence-electron chi connectivity index (χ3n) is 3.84. The minimum atomic E-state index is -0.652. The smallest absolute Gasteiger partial charge is 0.373 e. The zero-order valence-electron chi connectivity index (χ0n) is 14.5. The Kier molecular flexibility index (Phi) is 4.84. The van der Waals surface area contributed by atoms with Crippen molar-refractivity contribution in [3.05, 3.63) is 53.1 Å². The molecule has 0 saturated carbocycles. The molecule has 0 aliphatic carbocycles. The Morgan fingerprint density at radius 2 is 2.04 bits per heavy atom. The van der Waals surface area contributed by atoms with Crippen LogP contribution in [0.2, 0.25) is 0 Å². The molecule has 2 N–H and O–H groups in total. The van der Waals surface area contributed by atoms with E-state index in [0.29, 0.717) is 5.56 Å². The van der Waals surface area contributed by atoms with E-state index in [0.717, 1.165) is 4.90 Å². The van der Waals surface area contributed by atoms with Gasteiger partial charge in [0.1, 0.15) is 11.5 Å². The van der Waals surface area contributed by atoms with Gasteiger partial charge in [-0.3, -0.25) is 9.69 Å². The zero-order chi connectivity index (χ0) is 19.6. The van der Waals surface area contributed by atoms with Crippen molar-refractivity contribution >= 4 is 24.0 Å². The highest BCUT2D eigenvalue weighted by Gasteiger charge is 2.34. The number of nitrogens with one attached hydrogen (secondary N) is 1. The van der Waals surface area contributed by atoms with Crippen LogP contribution in [0.4, 0.5) is 4.79 Å². The van der Waals surface area contributed by atoms with Crippen molar-refractivity contribution in [2.24, 2.45) is 0 Å². The molecule has 27 heavy (non-hydrogen) atoms. The van der Waals surface area contributed by atoms with Crippen molar-refractivity contribution < 1.29 is 33.4 Å². The molecule has 140 valence electrons. The first-order valence-corrected chi connectivity index (χ1v) is 7.81. The predicted octanol–water partition coefficient (Wildman–Crippen LogP) is 1.87. The van der Waals surface area contributed by atoms with Crippen LogP contribution < -0.4 is 10.1 Å². The number of carbonyl (C=O) groups is 3. The SMILES string of the molecule is COC(=O)c1ccc(CN2C(=O)N/C(=C\c3ccc(O)c(OC)c3)C2=O)o1. The highest BCUT2D eigenvalue weighted by molar-refractivity contribution is 6.13. The number of hydrogen-bond acceptors (Lipinski definition) is 7. The maximum atomic E-state index is 12.5. The highest BCUT2D eigenvalue weighted by Crippen LogP contribution is 2.27. The summed E-state index contributed by atoms with van der Waals surface area (Å²) in [6, 6.07) is 6.79. The third-order valence-corrected chi connectivity index (χ3v) is 3.84. The van der Waals surface area contributed by atoms with E-state index < -0.39 is 17.9 Å². The summed E-state index contributed by atoms with van der Waals surface area (Å²) in [6.45, 7) is -0.141. The lowest BCUT2D eigenvalue weighted by molar-refractivity contribution is -0.123. The molecular weight excluding hydrogens is 356 g/mol. The van der Waals surface area contributed by atoms with Crippen LogP contribution in [0.3, 0.4) is 0 Å². The number of aromatic hydroxyl groups is 1. The van der Waals surface area contributed by atoms with Crippen LogP contribution in [0.1, 0.15) is 21.9 Å². The van der Waals surface area contributed by atoms with E-state index in [1.165, 1.54) is 44.6 Å². The number of methoxy groups -OCH3 is 2. The first-order valence-electron chi connectivity index (χ1n) is 7.81. The summed E-state index contributed by atoms with van der Waals surface area (Å²) in [7, 11) is 2.62. The van der Waals surface area contributed by atoms with Gasteiger partial charge in [-0.25, -0.2) is 9.59 Å². The van der Waals surface area contributed by atoms with Crippen molar-refractivity contribution in [3.8, 4) is 11.5 Å². The van der Waals surface area contributed by atoms with E-state index >= 15 is 0 Å². The average Bonchev–Trinajstić information content (AvgIpc) is 3.23. The maximum Gasteiger partial charge on any atom is 0.373 e. The normalized spacial score (nSPS) is 15.2. The van der Waals surface area contributed by atoms with E-state index in [4.69, 9.17) is 9.15 Å². The van der Waals surface area contributed by atoms with E-state index in [2.05, 4.69) is 10.1 Å². The fourth-order valence-corrected chi connectivity index (χ4v) is 2.49. The second-order valence-corrected chi connectivity index (χ2v) is 5.57. The molecule has 1 fully saturated rings. The predicted molar refractivity (Wildman–Crippen MR) is 91.8 cm³/mol. The number of imide groups is 1. The maximum absolute atomic E-state index is 12.5. The molecule has 0 spiro atoms. The van der Waals surface area contributed by atoms with Gasteiger partial charge in [0.15, 0.2) is 11.5 Å². The molecule has 9 nitrogen and oxygen atoms in total. The Hall–Kier alpha value is -3.75. The van der Waals surface area contributed by atoms with E-state index in [9.17, 15) is 19.5 Å². The van der Waals surface area contributed by atoms with Gasteiger partial charge < -0.3 is 24.3 Å². The van der Waals surface area contributed by atoms with Gasteiger partial charge in [-0.2, -0.15) is 0 Å². The molecular formula is C18H16N2O7. The average molecular weight is 372 g/mol. The number of furan rings is 1. The number of hydrogen-bond donors (Lipinski definition) is 2. The number of esters is 1. The fourth-order valence-electron chi connectivity index (χ4n) is 2.49. The molecule has 1 saturated heterocycles. The number of urea groups is 1. The number of benzene rings is 1. The Labute approximate surface area is 153 Å². The Bertz CT molecular complexity index is 945. The molecule has 9 heteroatoms. The molecule has 3 amide bonds. The summed E-state index contributed by atoms with van der Waals surface area (Å²) in [6.07, 6.45) is 1.46. The molecule has 0 radical (unpaired) electrons. The van der Waals surface area contributed by atoms with Crippen molar-refractivity contribution in [1.82, 2.24) is 10.2 Å². The molecule has 2 aromatic rings. The lowest BCUT2D eigenvalue weighted by atomic mass is 10.1. The first kappa shape index (κ1) is 18.1. The molecule has 2 heterocycles. The summed E-state index contributed by atoms with van der Waals surface area (Å²) in [4.78, 5) is 37.0. The number of rotatable bonds is 5. The van der Waals surface area contributed by atoms with Crippen molar-refractivity contribution in [2.45, 2.75) is 6.54 Å². The summed E-state index contributed by atoms with van der Waals surface area (Å²) < 4.78 is 14.8. The number of carbonyl (C=O) groups excluding carboxylic acids is 3. The lowest BCUT2D eigenvalue weighted by Crippen LogP contribution is -2.30. The molecule has 1 aromatic carbocycles. The van der Waals surface area contributed by atoms with Gasteiger partial charge >= 0.3 is 12.0 Å². The summed E-state index contributed by atoms with van der Waals surface area (Å²) >= 11 is 0. The largest absolute Gasteiger partial charge is 0.504 e. The van der Waals surface area contributed by atoms with E-state index in [1.807, 2.05) is 0 Å². The quantitative estimate of drug-likeness (QED) is 0.467. The Morgan fingerprint density at radius 3 is 2.74 bits per heavy atom. The van der Waals surface area contributed by atoms with Crippen LogP contribution >= 0.6 is 0 Å². The van der Waals surface area contributed by atoms with Gasteiger partial charge in [-0.1, -0.05) is 6.07 Å². The van der Waals surface area contributed by atoms with Gasteiger partial charge in [0.05, 0.1) is 20.8 Å². The van der Waals surface area contributed by atoms with Crippen molar-refractivity contribution in [2.75, 3.05) is 14.2 Å². The minimum absolute atomic E-state index is 0.0218. The van der Waals surface area contributed by atoms with Crippen LogP contribution in [0.15, 0.2) is 40.4 Å². The van der Waals surface area contributed by atoms with Crippen LogP contribution in [-0.4, -0.2) is 42.1 Å². The second-order valence-electron chi connectivity index (χ2n) is 5.57. The molecule has 1 aliphatic heterocycles. The van der Waals surface area contributed by atoms with Gasteiger partial charge in [0, 0.05) is 0 Å². The summed E-state index contributed by atoms with van der Waals surface area (Å²) in [5.74, 6) is -0.771. The highest BCUT2D eigenvalue weighted by atomic mass is 16.5. The van der Waals surface area contributed by atoms with E-state index in [-0.39, 0.29) is 35.3 Å². The number of phenols is 1. The third kappa shape index (κ3) is 3.61. The fraction of sp³-hybridized carbons (Fsp3) is 0.167. The van der Waals surface area contributed by atoms with Crippen LogP contribution in [0.5, 0.6) is 11.5 Å². The second kappa shape index (κ2) is 7.24. The summed E-state index contributed by atoms with van der Waals surface area (Å²) in [5.41, 5.74) is 0.619. The number of nitrogens with zero attached hydrogens (tertiary/aromatic N) is 1. The number of phenolic OH excluding ortho intramolecular Hbond substituents is 1. The monoisotopic (exact) mass is 372 g/mol. The van der Waals surface area contributed by atoms with E-state index in [1.54, 1.807) is 6.07 Å². The summed E-state index contributed by atoms with van der Waals surface area (Å²) in [5, 5.41) is 12.1. The molecule has 0 atom stereocenters. The van der Waals surface area contributed by atoms with Gasteiger partial charge in [0.2, 0.25) is 5.76 Å². The van der Waals surface area contributed by atoms with Gasteiger partial charge in [0.25, 0.3) is 5.91 Å². The van der Waals surface area contributed by atoms with Gasteiger partial charge in [-0.15, -0.1) is 0 Å². The molecule has 3 rings (SSSR count). The number of amides is 3. The van der Waals surface area contributed by atoms with Crippen LogP contribution in [0.25, 0.3) is 6.08 Å². The van der Waals surface area contributed by atoms with Crippen molar-refractivity contribution in [3.63, 3.8) is 0 Å². The van der Waals surface area contributed by atoms with Crippen LogP contribution in [0, 0.1) is 0 Å². The topological polar surface area (TPSA) is 118 Å². The lowest BCUT2D eigenvalue weighted by Gasteiger charge is -2.09. The molecule has 1 aliphatic rings. The molecule has 1 aromatic heterocycles. The molecule has 0 unspecified atom stereocenters. The standard InChI is InChI=1S/C18H16N2O7/c1-25-15-8-10(3-5-13(15)21)7-12-16(22)20(18(24)19-12)9-11-4-6-14(27-11)17(23)26-2/h3-8,21H,9H2,1-2H3,(H,19,24)/b12-7-. The molecule has 0 bridgehead atoms. The number of ether oxygens (including phenoxy) is 2. The Balaban J connectivity index is 1.78. The minimum Gasteiger partial charge on any atom is -0.504 e. The first-order chi connectivity index (χ1) is 12.9. The van der Waals surface area contributed by atoms with Crippen LogP contribution in [-0.2, 0) is 16.1 Å². The zero-order valence-corrected chi connectivity index (χ0v) is 14.5. The van der Waals surface area contributed by atoms with Crippen molar-refractivity contribution in [1.29, 1.82) is 0 Å².